The van der Waals surface area contributed by atoms with Crippen LogP contribution < -0.4 is 9.64 Å². The van der Waals surface area contributed by atoms with E-state index in [9.17, 15) is 14.7 Å². The molecule has 0 spiro atoms. The molecule has 5 nitrogen and oxygen atoms in total. The Morgan fingerprint density at radius 3 is 2.64 bits per heavy atom. The summed E-state index contributed by atoms with van der Waals surface area (Å²) in [5.41, 5.74) is 1.24. The number of ether oxygens (including phenoxy) is 1. The van der Waals surface area contributed by atoms with Gasteiger partial charge in [0.25, 0.3) is 5.91 Å². The molecule has 1 N–H and O–H groups in total. The molecule has 0 saturated carbocycles. The summed E-state index contributed by atoms with van der Waals surface area (Å²) in [6.45, 7) is 5.95. The molecule has 6 heteroatoms. The summed E-state index contributed by atoms with van der Waals surface area (Å²) in [6, 6.07) is 11.0. The lowest BCUT2D eigenvalue weighted by atomic mass is 9.88. The lowest BCUT2D eigenvalue weighted by Crippen LogP contribution is -2.42. The van der Waals surface area contributed by atoms with E-state index in [1.165, 1.54) is 6.92 Å². The second-order valence-electron chi connectivity index (χ2n) is 7.31. The molecule has 0 aliphatic carbocycles. The van der Waals surface area contributed by atoms with Gasteiger partial charge in [-0.25, -0.2) is 0 Å². The molecule has 3 rings (SSSR count). The van der Waals surface area contributed by atoms with Crippen LogP contribution >= 0.6 is 11.6 Å². The van der Waals surface area contributed by atoms with Crippen molar-refractivity contribution in [3.05, 3.63) is 58.1 Å². The summed E-state index contributed by atoms with van der Waals surface area (Å²) in [5, 5.41) is 11.6. The smallest absolute Gasteiger partial charge is 0.264 e. The molecule has 0 bridgehead atoms. The number of para-hydroxylation sites is 1. The molecule has 28 heavy (non-hydrogen) atoms. The Balaban J connectivity index is 1.79. The monoisotopic (exact) mass is 401 g/mol. The molecule has 0 aromatic heterocycles. The number of aliphatic hydroxyl groups is 1. The van der Waals surface area contributed by atoms with E-state index in [2.05, 4.69) is 0 Å². The third-order valence-electron chi connectivity index (χ3n) is 4.88. The van der Waals surface area contributed by atoms with Crippen molar-refractivity contribution < 1.29 is 19.4 Å². The molecule has 1 amide bonds. The van der Waals surface area contributed by atoms with Crippen LogP contribution in [0.25, 0.3) is 0 Å². The first-order valence-electron chi connectivity index (χ1n) is 9.27. The van der Waals surface area contributed by atoms with Gasteiger partial charge < -0.3 is 14.7 Å². The Labute approximate surface area is 169 Å². The van der Waals surface area contributed by atoms with Crippen LogP contribution in [0, 0.1) is 13.8 Å². The van der Waals surface area contributed by atoms with Gasteiger partial charge in [-0.3, -0.25) is 9.59 Å². The van der Waals surface area contributed by atoms with E-state index in [0.29, 0.717) is 41.6 Å². The molecule has 1 atom stereocenters. The highest BCUT2D eigenvalue weighted by Crippen LogP contribution is 2.45. The Morgan fingerprint density at radius 2 is 1.96 bits per heavy atom. The van der Waals surface area contributed by atoms with Crippen molar-refractivity contribution in [3.8, 4) is 5.75 Å². The molecule has 0 fully saturated rings. The van der Waals surface area contributed by atoms with Crippen LogP contribution in [-0.2, 0) is 15.2 Å². The highest BCUT2D eigenvalue weighted by Gasteiger charge is 2.50. The van der Waals surface area contributed by atoms with E-state index in [4.69, 9.17) is 16.3 Å². The van der Waals surface area contributed by atoms with Crippen molar-refractivity contribution in [1.29, 1.82) is 0 Å². The minimum atomic E-state index is -1.80. The summed E-state index contributed by atoms with van der Waals surface area (Å²) < 4.78 is 5.70. The van der Waals surface area contributed by atoms with Gasteiger partial charge in [0.15, 0.2) is 5.60 Å². The maximum Gasteiger partial charge on any atom is 0.264 e. The maximum absolute atomic E-state index is 13.1. The second kappa shape index (κ2) is 7.94. The van der Waals surface area contributed by atoms with E-state index >= 15 is 0 Å². The minimum Gasteiger partial charge on any atom is -0.492 e. The predicted molar refractivity (Wildman–Crippen MR) is 109 cm³/mol. The number of hydrogen-bond acceptors (Lipinski definition) is 4. The van der Waals surface area contributed by atoms with Gasteiger partial charge in [0.1, 0.15) is 11.5 Å². The van der Waals surface area contributed by atoms with Gasteiger partial charge in [-0.2, -0.15) is 0 Å². The fourth-order valence-corrected chi connectivity index (χ4v) is 3.97. The normalized spacial score (nSPS) is 18.3. The number of fused-ring (bicyclic) bond motifs is 1. The Kier molecular flexibility index (Phi) is 5.77. The molecule has 148 valence electrons. The van der Waals surface area contributed by atoms with Crippen molar-refractivity contribution >= 4 is 29.0 Å². The van der Waals surface area contributed by atoms with Crippen LogP contribution in [0.4, 0.5) is 5.69 Å². The maximum atomic E-state index is 13.1. The molecule has 1 unspecified atom stereocenters. The standard InChI is InChI=1S/C22H24ClNO4/c1-14-11-15(2)20-17(12-14)22(27,13-16(3)25)21(26)24(20)9-6-10-28-19-8-5-4-7-18(19)23/h4-5,7-8,11-12,27H,6,9-10,13H2,1-3H3. The van der Waals surface area contributed by atoms with Crippen molar-refractivity contribution in [3.63, 3.8) is 0 Å². The molecular weight excluding hydrogens is 378 g/mol. The van der Waals surface area contributed by atoms with Crippen molar-refractivity contribution in [1.82, 2.24) is 0 Å². The molecule has 0 saturated heterocycles. The number of aryl methyl sites for hydroxylation is 2. The largest absolute Gasteiger partial charge is 0.492 e. The molecule has 2 aromatic carbocycles. The van der Waals surface area contributed by atoms with Gasteiger partial charge in [0, 0.05) is 18.5 Å². The lowest BCUT2D eigenvalue weighted by molar-refractivity contribution is -0.141. The average Bonchev–Trinajstić information content (AvgIpc) is 2.81. The van der Waals surface area contributed by atoms with Gasteiger partial charge in [-0.1, -0.05) is 41.4 Å². The summed E-state index contributed by atoms with van der Waals surface area (Å²) in [7, 11) is 0. The van der Waals surface area contributed by atoms with Gasteiger partial charge in [0.2, 0.25) is 0 Å². The number of ketones is 1. The zero-order valence-electron chi connectivity index (χ0n) is 16.3. The number of hydrogen-bond donors (Lipinski definition) is 1. The molecule has 1 aliphatic rings. The zero-order valence-corrected chi connectivity index (χ0v) is 17.0. The van der Waals surface area contributed by atoms with Gasteiger partial charge in [-0.05, 0) is 44.9 Å². The topological polar surface area (TPSA) is 66.8 Å². The number of halogens is 1. The Morgan fingerprint density at radius 1 is 1.25 bits per heavy atom. The van der Waals surface area contributed by atoms with E-state index in [0.717, 1.165) is 11.1 Å². The van der Waals surface area contributed by atoms with Crippen molar-refractivity contribution in [2.75, 3.05) is 18.1 Å². The van der Waals surface area contributed by atoms with Gasteiger partial charge in [-0.15, -0.1) is 0 Å². The first kappa shape index (κ1) is 20.4. The first-order valence-corrected chi connectivity index (χ1v) is 9.64. The summed E-state index contributed by atoms with van der Waals surface area (Å²) in [5.74, 6) is -0.0915. The number of carbonyl (C=O) groups excluding carboxylic acids is 2. The first-order chi connectivity index (χ1) is 13.2. The second-order valence-corrected chi connectivity index (χ2v) is 7.71. The third-order valence-corrected chi connectivity index (χ3v) is 5.20. The highest BCUT2D eigenvalue weighted by atomic mass is 35.5. The van der Waals surface area contributed by atoms with E-state index in [-0.39, 0.29) is 12.2 Å². The molecule has 0 radical (unpaired) electrons. The Bertz CT molecular complexity index is 927. The van der Waals surface area contributed by atoms with Crippen LogP contribution in [0.1, 0.15) is 36.5 Å². The van der Waals surface area contributed by atoms with Crippen molar-refractivity contribution in [2.24, 2.45) is 0 Å². The summed E-state index contributed by atoms with van der Waals surface area (Å²) >= 11 is 6.09. The van der Waals surface area contributed by atoms with Crippen LogP contribution in [0.5, 0.6) is 5.75 Å². The number of anilines is 1. The SMILES string of the molecule is CC(=O)CC1(O)C(=O)N(CCCOc2ccccc2Cl)c2c(C)cc(C)cc21. The van der Waals surface area contributed by atoms with Crippen molar-refractivity contribution in [2.45, 2.75) is 39.2 Å². The predicted octanol–water partition coefficient (Wildman–Crippen LogP) is 3.94. The number of amides is 1. The highest BCUT2D eigenvalue weighted by molar-refractivity contribution is 6.32. The fourth-order valence-electron chi connectivity index (χ4n) is 3.78. The van der Waals surface area contributed by atoms with Crippen LogP contribution in [0.15, 0.2) is 36.4 Å². The van der Waals surface area contributed by atoms with E-state index < -0.39 is 11.5 Å². The minimum absolute atomic E-state index is 0.228. The van der Waals surface area contributed by atoms with Gasteiger partial charge in [0.05, 0.1) is 17.3 Å². The van der Waals surface area contributed by atoms with Crippen LogP contribution in [0.3, 0.4) is 0 Å². The molecule has 2 aromatic rings. The number of Topliss-reactive ketones (excluding diaryl/α,β-unsaturated/α-hetero) is 1. The zero-order chi connectivity index (χ0) is 20.5. The quantitative estimate of drug-likeness (QED) is 0.713. The molecular formula is C22H24ClNO4. The Hall–Kier alpha value is -2.37. The summed E-state index contributed by atoms with van der Waals surface area (Å²) in [6.07, 6.45) is 0.328. The molecule has 1 heterocycles. The number of benzene rings is 2. The number of nitrogens with zero attached hydrogens (tertiary/aromatic N) is 1. The van der Waals surface area contributed by atoms with Crippen LogP contribution in [-0.4, -0.2) is 29.9 Å². The fraction of sp³-hybridized carbons (Fsp3) is 0.364. The average molecular weight is 402 g/mol. The van der Waals surface area contributed by atoms with E-state index in [1.807, 2.05) is 32.0 Å². The van der Waals surface area contributed by atoms with E-state index in [1.54, 1.807) is 23.1 Å². The lowest BCUT2D eigenvalue weighted by Gasteiger charge is -2.22. The number of rotatable bonds is 7. The van der Waals surface area contributed by atoms with Crippen LogP contribution in [0.2, 0.25) is 5.02 Å². The molecule has 1 aliphatic heterocycles. The van der Waals surface area contributed by atoms with Gasteiger partial charge >= 0.3 is 0 Å². The number of carbonyl (C=O) groups is 2. The third kappa shape index (κ3) is 3.77. The summed E-state index contributed by atoms with van der Waals surface area (Å²) in [4.78, 5) is 26.4.